The third kappa shape index (κ3) is 2.71. The molecule has 7 nitrogen and oxygen atoms in total. The summed E-state index contributed by atoms with van der Waals surface area (Å²) in [5.41, 5.74) is 10.0. The van der Waals surface area contributed by atoms with E-state index < -0.39 is 6.03 Å². The van der Waals surface area contributed by atoms with Crippen molar-refractivity contribution in [2.24, 2.45) is 5.73 Å². The van der Waals surface area contributed by atoms with Crippen molar-refractivity contribution in [3.63, 3.8) is 0 Å². The molecule has 0 radical (unpaired) electrons. The largest absolute Gasteiger partial charge is 0.361 e. The number of rotatable bonds is 3. The number of aromatic nitrogens is 2. The number of nitrogens with zero attached hydrogens (tertiary/aromatic N) is 1. The maximum Gasteiger partial charge on any atom is 0.316 e. The highest BCUT2D eigenvalue weighted by atomic mass is 16.2. The average Bonchev–Trinajstić information content (AvgIpc) is 3.25. The lowest BCUT2D eigenvalue weighted by Gasteiger charge is -2.11. The van der Waals surface area contributed by atoms with Gasteiger partial charge in [-0.25, -0.2) is 4.79 Å². The van der Waals surface area contributed by atoms with Crippen LogP contribution in [0.3, 0.4) is 0 Å². The summed E-state index contributed by atoms with van der Waals surface area (Å²) in [7, 11) is 0. The fourth-order valence-corrected chi connectivity index (χ4v) is 3.07. The number of pyridine rings is 1. The minimum Gasteiger partial charge on any atom is -0.361 e. The molecule has 128 valence electrons. The van der Waals surface area contributed by atoms with Crippen molar-refractivity contribution in [1.29, 1.82) is 0 Å². The molecule has 5 N–H and O–H groups in total. The van der Waals surface area contributed by atoms with Gasteiger partial charge in [0.15, 0.2) is 0 Å². The van der Waals surface area contributed by atoms with E-state index >= 15 is 0 Å². The summed E-state index contributed by atoms with van der Waals surface area (Å²) in [6.45, 7) is 0. The zero-order valence-electron chi connectivity index (χ0n) is 13.6. The molecule has 0 aliphatic carbocycles. The summed E-state index contributed by atoms with van der Waals surface area (Å²) in [5, 5.41) is 5.41. The molecule has 7 heteroatoms. The minimum absolute atomic E-state index is 0.211. The predicted octanol–water partition coefficient (Wildman–Crippen LogP) is 2.81. The number of H-pyrrole nitrogens is 1. The number of amides is 3. The van der Waals surface area contributed by atoms with Crippen LogP contribution in [0.5, 0.6) is 0 Å². The first-order chi connectivity index (χ1) is 12.6. The highest BCUT2D eigenvalue weighted by molar-refractivity contribution is 6.38. The third-order valence-electron chi connectivity index (χ3n) is 4.12. The van der Waals surface area contributed by atoms with E-state index in [4.69, 9.17) is 5.73 Å². The van der Waals surface area contributed by atoms with Gasteiger partial charge in [0.05, 0.1) is 5.57 Å². The monoisotopic (exact) mass is 345 g/mol. The molecule has 0 saturated carbocycles. The fourth-order valence-electron chi connectivity index (χ4n) is 3.07. The van der Waals surface area contributed by atoms with Gasteiger partial charge < -0.3 is 21.4 Å². The summed E-state index contributed by atoms with van der Waals surface area (Å²) in [6, 6.07) is 12.0. The van der Waals surface area contributed by atoms with Crippen LogP contribution in [0.2, 0.25) is 0 Å². The number of nitrogens with one attached hydrogen (secondary N) is 3. The van der Waals surface area contributed by atoms with Crippen molar-refractivity contribution < 1.29 is 9.59 Å². The predicted molar refractivity (Wildman–Crippen MR) is 99.2 cm³/mol. The Morgan fingerprint density at radius 2 is 1.92 bits per heavy atom. The normalized spacial score (nSPS) is 14.5. The molecular weight excluding hydrogens is 330 g/mol. The van der Waals surface area contributed by atoms with Crippen LogP contribution in [0.25, 0.3) is 11.1 Å². The second kappa shape index (κ2) is 6.21. The molecule has 2 aromatic heterocycles. The molecule has 0 fully saturated rings. The van der Waals surface area contributed by atoms with Gasteiger partial charge in [-0.2, -0.15) is 0 Å². The van der Waals surface area contributed by atoms with Crippen LogP contribution < -0.4 is 16.4 Å². The fraction of sp³-hybridized carbons (Fsp3) is 0. The molecule has 3 aromatic rings. The summed E-state index contributed by atoms with van der Waals surface area (Å²) in [5.74, 6) is -0.211. The van der Waals surface area contributed by atoms with Crippen LogP contribution in [0.1, 0.15) is 16.8 Å². The molecule has 0 saturated heterocycles. The van der Waals surface area contributed by atoms with Crippen molar-refractivity contribution in [2.75, 3.05) is 10.6 Å². The Balaban J connectivity index is 1.97. The molecule has 3 amide bonds. The Hall–Kier alpha value is -3.87. The highest BCUT2D eigenvalue weighted by Crippen LogP contribution is 2.40. The number of fused-ring (bicyclic) bond motifs is 1. The number of carbonyl (C=O) groups is 2. The maximum absolute atomic E-state index is 12.8. The van der Waals surface area contributed by atoms with E-state index in [1.54, 1.807) is 36.8 Å². The topological polar surface area (TPSA) is 113 Å². The molecule has 3 heterocycles. The maximum atomic E-state index is 12.8. The Morgan fingerprint density at radius 3 is 2.62 bits per heavy atom. The number of nitrogens with two attached hydrogens (primary N) is 1. The van der Waals surface area contributed by atoms with Crippen molar-refractivity contribution in [3.8, 4) is 0 Å². The van der Waals surface area contributed by atoms with E-state index in [2.05, 4.69) is 20.6 Å². The first kappa shape index (κ1) is 15.6. The Labute approximate surface area is 149 Å². The molecular formula is C19H15N5O2. The van der Waals surface area contributed by atoms with Crippen molar-refractivity contribution >= 4 is 34.5 Å². The van der Waals surface area contributed by atoms with Gasteiger partial charge in [-0.15, -0.1) is 0 Å². The molecule has 0 atom stereocenters. The smallest absolute Gasteiger partial charge is 0.316 e. The molecule has 26 heavy (non-hydrogen) atoms. The molecule has 0 spiro atoms. The summed E-state index contributed by atoms with van der Waals surface area (Å²) in [4.78, 5) is 31.1. The van der Waals surface area contributed by atoms with Crippen molar-refractivity contribution in [1.82, 2.24) is 9.97 Å². The number of hydrogen-bond donors (Lipinski definition) is 4. The standard InChI is InChI=1S/C19H15N5O2/c20-19(26)23-12-3-4-14-13(10-12)17(18(25)24-14)16(15-2-1-7-22-15)11-5-8-21-9-6-11/h1-10,22H,(H,24,25)(H3,20,23,26)/b17-16-. The van der Waals surface area contributed by atoms with Crippen LogP contribution in [0, 0.1) is 0 Å². The van der Waals surface area contributed by atoms with E-state index in [9.17, 15) is 9.59 Å². The highest BCUT2D eigenvalue weighted by Gasteiger charge is 2.29. The molecule has 4 rings (SSSR count). The quantitative estimate of drug-likeness (QED) is 0.547. The van der Waals surface area contributed by atoms with Gasteiger partial charge in [-0.1, -0.05) is 0 Å². The second-order valence-electron chi connectivity index (χ2n) is 5.77. The van der Waals surface area contributed by atoms with E-state index in [0.717, 1.165) is 16.8 Å². The van der Waals surface area contributed by atoms with Gasteiger partial charge in [-0.3, -0.25) is 9.78 Å². The van der Waals surface area contributed by atoms with Crippen molar-refractivity contribution in [2.45, 2.75) is 0 Å². The minimum atomic E-state index is -0.661. The van der Waals surface area contributed by atoms with Gasteiger partial charge in [0.25, 0.3) is 5.91 Å². The van der Waals surface area contributed by atoms with Crippen molar-refractivity contribution in [3.05, 3.63) is 77.9 Å². The van der Waals surface area contributed by atoms with Crippen LogP contribution >= 0.6 is 0 Å². The lowest BCUT2D eigenvalue weighted by Crippen LogP contribution is -2.19. The zero-order valence-corrected chi connectivity index (χ0v) is 13.6. The summed E-state index contributed by atoms with van der Waals surface area (Å²) < 4.78 is 0. The van der Waals surface area contributed by atoms with E-state index in [0.29, 0.717) is 22.5 Å². The SMILES string of the molecule is NC(=O)Nc1ccc2c(c1)/C(=C(\c1ccncc1)c1ccc[nH]1)C(=O)N2. The number of benzene rings is 1. The molecule has 1 aromatic carbocycles. The zero-order chi connectivity index (χ0) is 18.1. The molecule has 1 aliphatic heterocycles. The number of carbonyl (C=O) groups excluding carboxylic acids is 2. The molecule has 0 unspecified atom stereocenters. The first-order valence-corrected chi connectivity index (χ1v) is 7.94. The number of urea groups is 1. The lowest BCUT2D eigenvalue weighted by atomic mass is 9.93. The Bertz CT molecular complexity index is 1020. The molecule has 1 aliphatic rings. The second-order valence-corrected chi connectivity index (χ2v) is 5.77. The number of aromatic amines is 1. The van der Waals surface area contributed by atoms with Crippen LogP contribution in [-0.4, -0.2) is 21.9 Å². The summed E-state index contributed by atoms with van der Waals surface area (Å²) in [6.07, 6.45) is 5.16. The number of anilines is 2. The van der Waals surface area contributed by atoms with Gasteiger partial charge in [0.2, 0.25) is 0 Å². The molecule has 0 bridgehead atoms. The Kier molecular flexibility index (Phi) is 3.74. The van der Waals surface area contributed by atoms with Crippen LogP contribution in [0.4, 0.5) is 16.2 Å². The van der Waals surface area contributed by atoms with Crippen LogP contribution in [0.15, 0.2) is 61.1 Å². The van der Waals surface area contributed by atoms with E-state index in [-0.39, 0.29) is 5.91 Å². The third-order valence-corrected chi connectivity index (χ3v) is 4.12. The van der Waals surface area contributed by atoms with Crippen LogP contribution in [-0.2, 0) is 4.79 Å². The van der Waals surface area contributed by atoms with Gasteiger partial charge >= 0.3 is 6.03 Å². The first-order valence-electron chi connectivity index (χ1n) is 7.94. The van der Waals surface area contributed by atoms with Gasteiger partial charge in [-0.05, 0) is 48.0 Å². The lowest BCUT2D eigenvalue weighted by molar-refractivity contribution is -0.110. The van der Waals surface area contributed by atoms with E-state index in [1.165, 1.54) is 0 Å². The summed E-state index contributed by atoms with van der Waals surface area (Å²) >= 11 is 0. The van der Waals surface area contributed by atoms with Gasteiger partial charge in [0, 0.05) is 46.8 Å². The number of primary amides is 1. The average molecular weight is 345 g/mol. The number of hydrogen-bond acceptors (Lipinski definition) is 3. The Morgan fingerprint density at radius 1 is 1.12 bits per heavy atom. The van der Waals surface area contributed by atoms with E-state index in [1.807, 2.05) is 24.3 Å². The van der Waals surface area contributed by atoms with Gasteiger partial charge in [0.1, 0.15) is 0 Å².